The molecule has 2 rings (SSSR count). The minimum Gasteiger partial charge on any atom is -0.357 e. The summed E-state index contributed by atoms with van der Waals surface area (Å²) in [5.41, 5.74) is -0.491. The summed E-state index contributed by atoms with van der Waals surface area (Å²) in [5, 5.41) is 2.01. The second-order valence-electron chi connectivity index (χ2n) is 3.69. The number of hydrogen-bond donors (Lipinski definition) is 1. The molecule has 1 saturated carbocycles. The Bertz CT molecular complexity index is 436. The molecule has 1 aromatic heterocycles. The summed E-state index contributed by atoms with van der Waals surface area (Å²) in [6.45, 7) is -1.25. The summed E-state index contributed by atoms with van der Waals surface area (Å²) >= 11 is 0. The number of rotatable bonds is 3. The van der Waals surface area contributed by atoms with E-state index >= 15 is 0 Å². The number of anilines is 1. The van der Waals surface area contributed by atoms with Gasteiger partial charge in [0.25, 0.3) is 5.56 Å². The Morgan fingerprint density at radius 1 is 1.50 bits per heavy atom. The summed E-state index contributed by atoms with van der Waals surface area (Å²) in [5.74, 6) is -0.244. The Morgan fingerprint density at radius 3 is 2.75 bits per heavy atom. The molecule has 0 atom stereocenters. The molecule has 0 spiro atoms. The lowest BCUT2D eigenvalue weighted by Gasteiger charge is -2.09. The van der Waals surface area contributed by atoms with Crippen LogP contribution in [0.25, 0.3) is 0 Å². The first kappa shape index (κ1) is 11.0. The molecule has 0 radical (unpaired) electrons. The van der Waals surface area contributed by atoms with Gasteiger partial charge in [-0.3, -0.25) is 4.79 Å². The van der Waals surface area contributed by atoms with Crippen molar-refractivity contribution in [2.24, 2.45) is 0 Å². The Kier molecular flexibility index (Phi) is 2.61. The molecule has 0 bridgehead atoms. The molecule has 0 amide bonds. The molecule has 0 saturated heterocycles. The number of alkyl halides is 3. The van der Waals surface area contributed by atoms with E-state index in [9.17, 15) is 18.0 Å². The minimum atomic E-state index is -4.35. The normalized spacial score (nSPS) is 16.2. The zero-order chi connectivity index (χ0) is 11.8. The number of aromatic nitrogens is 2. The molecule has 88 valence electrons. The average Bonchev–Trinajstić information content (AvgIpc) is 2.98. The highest BCUT2D eigenvalue weighted by atomic mass is 19.4. The van der Waals surface area contributed by atoms with E-state index in [1.165, 1.54) is 17.0 Å². The van der Waals surface area contributed by atoms with Crippen LogP contribution >= 0.6 is 0 Å². The molecule has 0 aromatic carbocycles. The summed E-state index contributed by atoms with van der Waals surface area (Å²) in [7, 11) is 0. The molecule has 7 heteroatoms. The fraction of sp³-hybridized carbons (Fsp3) is 0.556. The maximum atomic E-state index is 11.9. The molecule has 1 fully saturated rings. The van der Waals surface area contributed by atoms with E-state index in [-0.39, 0.29) is 11.9 Å². The standard InChI is InChI=1S/C9H10F3N3O/c10-9(11,12)5-14-7-8(16)15(4-3-13-7)6-1-2-6/h3-4,6H,1-2,5H2,(H,13,14). The van der Waals surface area contributed by atoms with Gasteiger partial charge >= 0.3 is 6.18 Å². The third-order valence-corrected chi connectivity index (χ3v) is 2.26. The van der Waals surface area contributed by atoms with Crippen LogP contribution < -0.4 is 10.9 Å². The van der Waals surface area contributed by atoms with Crippen LogP contribution in [0, 0.1) is 0 Å². The van der Waals surface area contributed by atoms with E-state index < -0.39 is 18.3 Å². The van der Waals surface area contributed by atoms with Crippen LogP contribution in [0.2, 0.25) is 0 Å². The lowest BCUT2D eigenvalue weighted by molar-refractivity contribution is -0.115. The molecule has 16 heavy (non-hydrogen) atoms. The van der Waals surface area contributed by atoms with E-state index in [2.05, 4.69) is 4.98 Å². The van der Waals surface area contributed by atoms with Crippen molar-refractivity contribution < 1.29 is 13.2 Å². The van der Waals surface area contributed by atoms with Gasteiger partial charge in [-0.05, 0) is 12.8 Å². The van der Waals surface area contributed by atoms with Gasteiger partial charge < -0.3 is 9.88 Å². The van der Waals surface area contributed by atoms with Crippen LogP contribution in [0.15, 0.2) is 17.2 Å². The minimum absolute atomic E-state index is 0.127. The van der Waals surface area contributed by atoms with Crippen LogP contribution in [0.4, 0.5) is 19.0 Å². The second-order valence-corrected chi connectivity index (χ2v) is 3.69. The maximum Gasteiger partial charge on any atom is 0.405 e. The van der Waals surface area contributed by atoms with Gasteiger partial charge in [0, 0.05) is 18.4 Å². The van der Waals surface area contributed by atoms with E-state index in [0.717, 1.165) is 12.8 Å². The van der Waals surface area contributed by atoms with Crippen molar-refractivity contribution in [3.8, 4) is 0 Å². The van der Waals surface area contributed by atoms with Crippen molar-refractivity contribution in [2.75, 3.05) is 11.9 Å². The first-order valence-electron chi connectivity index (χ1n) is 4.85. The van der Waals surface area contributed by atoms with Crippen LogP contribution in [-0.2, 0) is 0 Å². The summed E-state index contributed by atoms with van der Waals surface area (Å²) in [6.07, 6.45) is 0.261. The Morgan fingerprint density at radius 2 is 2.19 bits per heavy atom. The summed E-state index contributed by atoms with van der Waals surface area (Å²) in [6, 6.07) is 0.127. The highest BCUT2D eigenvalue weighted by Gasteiger charge is 2.29. The van der Waals surface area contributed by atoms with Gasteiger partial charge in [-0.25, -0.2) is 4.98 Å². The molecule has 1 aromatic rings. The zero-order valence-corrected chi connectivity index (χ0v) is 8.29. The van der Waals surface area contributed by atoms with Crippen LogP contribution in [-0.4, -0.2) is 22.3 Å². The molecule has 1 heterocycles. The molecular formula is C9H10F3N3O. The first-order valence-corrected chi connectivity index (χ1v) is 4.85. The van der Waals surface area contributed by atoms with Crippen LogP contribution in [0.1, 0.15) is 18.9 Å². The third kappa shape index (κ3) is 2.53. The number of nitrogens with zero attached hydrogens (tertiary/aromatic N) is 2. The molecule has 1 aliphatic carbocycles. The van der Waals surface area contributed by atoms with E-state index in [1.807, 2.05) is 5.32 Å². The van der Waals surface area contributed by atoms with Crippen molar-refractivity contribution in [2.45, 2.75) is 25.1 Å². The van der Waals surface area contributed by atoms with Gasteiger partial charge in [0.1, 0.15) is 6.54 Å². The summed E-state index contributed by atoms with van der Waals surface area (Å²) in [4.78, 5) is 15.2. The SMILES string of the molecule is O=c1c(NCC(F)(F)F)nccn1C1CC1. The Balaban J connectivity index is 2.15. The van der Waals surface area contributed by atoms with E-state index in [0.29, 0.717) is 0 Å². The fourth-order valence-corrected chi connectivity index (χ4v) is 1.37. The van der Waals surface area contributed by atoms with Crippen LogP contribution in [0.3, 0.4) is 0 Å². The van der Waals surface area contributed by atoms with Crippen molar-refractivity contribution in [3.05, 3.63) is 22.7 Å². The largest absolute Gasteiger partial charge is 0.405 e. The quantitative estimate of drug-likeness (QED) is 0.861. The first-order chi connectivity index (χ1) is 7.47. The predicted octanol–water partition coefficient (Wildman–Crippen LogP) is 1.55. The van der Waals surface area contributed by atoms with Crippen molar-refractivity contribution in [3.63, 3.8) is 0 Å². The molecular weight excluding hydrogens is 223 g/mol. The topological polar surface area (TPSA) is 46.9 Å². The Hall–Kier alpha value is -1.53. The number of halogens is 3. The van der Waals surface area contributed by atoms with Gasteiger partial charge in [-0.1, -0.05) is 0 Å². The zero-order valence-electron chi connectivity index (χ0n) is 8.29. The number of nitrogens with one attached hydrogen (secondary N) is 1. The van der Waals surface area contributed by atoms with E-state index in [4.69, 9.17) is 0 Å². The van der Waals surface area contributed by atoms with Crippen molar-refractivity contribution >= 4 is 5.82 Å². The van der Waals surface area contributed by atoms with E-state index in [1.54, 1.807) is 0 Å². The second kappa shape index (κ2) is 3.80. The third-order valence-electron chi connectivity index (χ3n) is 2.26. The van der Waals surface area contributed by atoms with Crippen molar-refractivity contribution in [1.29, 1.82) is 0 Å². The van der Waals surface area contributed by atoms with Crippen molar-refractivity contribution in [1.82, 2.24) is 9.55 Å². The van der Waals surface area contributed by atoms with Gasteiger partial charge in [0.05, 0.1) is 0 Å². The molecule has 0 aliphatic heterocycles. The molecule has 1 N–H and O–H groups in total. The lowest BCUT2D eigenvalue weighted by atomic mass is 10.5. The molecule has 4 nitrogen and oxygen atoms in total. The molecule has 0 unspecified atom stereocenters. The van der Waals surface area contributed by atoms with Crippen LogP contribution in [0.5, 0.6) is 0 Å². The van der Waals surface area contributed by atoms with Gasteiger partial charge in [0.15, 0.2) is 5.82 Å². The highest BCUT2D eigenvalue weighted by molar-refractivity contribution is 5.31. The molecule has 1 aliphatic rings. The van der Waals surface area contributed by atoms with Gasteiger partial charge in [-0.2, -0.15) is 13.2 Å². The smallest absolute Gasteiger partial charge is 0.357 e. The van der Waals surface area contributed by atoms with Gasteiger partial charge in [-0.15, -0.1) is 0 Å². The lowest BCUT2D eigenvalue weighted by Crippen LogP contribution is -2.28. The monoisotopic (exact) mass is 233 g/mol. The average molecular weight is 233 g/mol. The predicted molar refractivity (Wildman–Crippen MR) is 51.3 cm³/mol. The number of hydrogen-bond acceptors (Lipinski definition) is 3. The highest BCUT2D eigenvalue weighted by Crippen LogP contribution is 2.33. The summed E-state index contributed by atoms with van der Waals surface area (Å²) < 4.78 is 37.3. The fourth-order valence-electron chi connectivity index (χ4n) is 1.37. The maximum absolute atomic E-state index is 11.9. The van der Waals surface area contributed by atoms with Gasteiger partial charge in [0.2, 0.25) is 0 Å². The Labute approximate surface area is 89.1 Å².